The molecule has 25 heavy (non-hydrogen) atoms. The van der Waals surface area contributed by atoms with E-state index in [0.29, 0.717) is 12.2 Å². The molecule has 0 spiro atoms. The molecule has 5 N–H and O–H groups in total. The molecular formula is C15H17ClN6O3. The number of nitrogens with one attached hydrogen (secondary N) is 3. The van der Waals surface area contributed by atoms with Gasteiger partial charge < -0.3 is 25.8 Å². The molecule has 0 fully saturated rings. The van der Waals surface area contributed by atoms with Gasteiger partial charge in [-0.25, -0.2) is 14.8 Å². The van der Waals surface area contributed by atoms with Crippen LogP contribution in [0.2, 0.25) is 5.02 Å². The quantitative estimate of drug-likeness (QED) is 0.475. The number of aromatic nitrogens is 2. The maximum absolute atomic E-state index is 11.5. The number of carbonyl (C=O) groups is 1. The molecule has 0 radical (unpaired) electrons. The lowest BCUT2D eigenvalue weighted by Crippen LogP contribution is -2.28. The van der Waals surface area contributed by atoms with Crippen LogP contribution < -0.4 is 21.1 Å². The number of rotatable bonds is 5. The summed E-state index contributed by atoms with van der Waals surface area (Å²) < 4.78 is 10.5. The Labute approximate surface area is 149 Å². The molecule has 132 valence electrons. The first kappa shape index (κ1) is 18.3. The van der Waals surface area contributed by atoms with Crippen LogP contribution in [0.15, 0.2) is 24.5 Å². The van der Waals surface area contributed by atoms with Crippen LogP contribution >= 0.6 is 11.6 Å². The summed E-state index contributed by atoms with van der Waals surface area (Å²) in [6, 6.07) is 4.36. The second-order valence-electron chi connectivity index (χ2n) is 4.70. The fourth-order valence-electron chi connectivity index (χ4n) is 1.88. The van der Waals surface area contributed by atoms with Crippen molar-refractivity contribution in [3.05, 3.63) is 35.1 Å². The summed E-state index contributed by atoms with van der Waals surface area (Å²) in [5.41, 5.74) is 6.37. The predicted molar refractivity (Wildman–Crippen MR) is 94.5 cm³/mol. The van der Waals surface area contributed by atoms with Gasteiger partial charge in [0.15, 0.2) is 0 Å². The first-order valence-electron chi connectivity index (χ1n) is 7.21. The molecule has 1 aromatic heterocycles. The summed E-state index contributed by atoms with van der Waals surface area (Å²) in [4.78, 5) is 19.3. The van der Waals surface area contributed by atoms with E-state index in [0.717, 1.165) is 0 Å². The molecule has 2 rings (SSSR count). The number of methoxy groups -OCH3 is 1. The van der Waals surface area contributed by atoms with Crippen LogP contribution in [0.4, 0.5) is 16.3 Å². The summed E-state index contributed by atoms with van der Waals surface area (Å²) in [6.45, 7) is 2.32. The number of benzene rings is 1. The van der Waals surface area contributed by atoms with Gasteiger partial charge in [-0.1, -0.05) is 11.6 Å². The predicted octanol–water partition coefficient (Wildman–Crippen LogP) is 2.62. The second-order valence-corrected chi connectivity index (χ2v) is 5.11. The number of nitrogens with two attached hydrogens (primary N) is 1. The van der Waals surface area contributed by atoms with Crippen LogP contribution in [0.3, 0.4) is 0 Å². The van der Waals surface area contributed by atoms with Gasteiger partial charge in [0.05, 0.1) is 12.1 Å². The Kier molecular flexibility index (Phi) is 5.96. The smallest absolute Gasteiger partial charge is 0.319 e. The van der Waals surface area contributed by atoms with Crippen LogP contribution in [0.1, 0.15) is 12.5 Å². The average Bonchev–Trinajstić information content (AvgIpc) is 2.57. The normalized spacial score (nSPS) is 10.0. The molecule has 9 nitrogen and oxygen atoms in total. The molecule has 0 saturated heterocycles. The lowest BCUT2D eigenvalue weighted by Gasteiger charge is -2.13. The van der Waals surface area contributed by atoms with Crippen LogP contribution in [-0.4, -0.2) is 35.6 Å². The van der Waals surface area contributed by atoms with Gasteiger partial charge in [-0.05, 0) is 25.1 Å². The number of hydrogen-bond donors (Lipinski definition) is 4. The molecule has 0 unspecified atom stereocenters. The summed E-state index contributed by atoms with van der Waals surface area (Å²) in [6.07, 6.45) is 1.20. The highest BCUT2D eigenvalue weighted by Gasteiger charge is 2.18. The Morgan fingerprint density at radius 3 is 2.80 bits per heavy atom. The number of nitrogen functional groups attached to an aromatic ring is 1. The van der Waals surface area contributed by atoms with Crippen molar-refractivity contribution in [3.8, 4) is 11.6 Å². The van der Waals surface area contributed by atoms with Crippen LogP contribution in [0.25, 0.3) is 0 Å². The number of ether oxygens (including phenoxy) is 2. The number of amides is 2. The molecule has 0 aliphatic carbocycles. The first-order chi connectivity index (χ1) is 12.0. The van der Waals surface area contributed by atoms with Gasteiger partial charge in [0, 0.05) is 12.2 Å². The summed E-state index contributed by atoms with van der Waals surface area (Å²) >= 11 is 6.19. The lowest BCUT2D eigenvalue weighted by atomic mass is 10.2. The monoisotopic (exact) mass is 364 g/mol. The Bertz CT molecular complexity index is 799. The molecule has 0 bridgehead atoms. The minimum atomic E-state index is -0.341. The average molecular weight is 365 g/mol. The summed E-state index contributed by atoms with van der Waals surface area (Å²) in [7, 11) is 1.33. The third kappa shape index (κ3) is 4.48. The maximum atomic E-state index is 11.5. The molecule has 1 aromatic carbocycles. The standard InChI is InChI=1S/C15H17ClN6O3/c1-3-19-15(23)22-8-4-5-10(9(16)6-8)25-14-11(13(18)24-2)12(17)20-7-21-14/h4-7,18H,3H2,1-2H3,(H2,17,20,21)(H2,19,22,23). The molecular weight excluding hydrogens is 348 g/mol. The van der Waals surface area contributed by atoms with Gasteiger partial charge in [0.25, 0.3) is 0 Å². The molecule has 0 atom stereocenters. The molecule has 1 heterocycles. The van der Waals surface area contributed by atoms with E-state index in [1.54, 1.807) is 12.1 Å². The number of urea groups is 1. The van der Waals surface area contributed by atoms with Crippen molar-refractivity contribution in [1.82, 2.24) is 15.3 Å². The lowest BCUT2D eigenvalue weighted by molar-refractivity contribution is 0.252. The molecule has 2 aromatic rings. The fourth-order valence-corrected chi connectivity index (χ4v) is 2.10. The van der Waals surface area contributed by atoms with Crippen LogP contribution in [0, 0.1) is 5.41 Å². The second kappa shape index (κ2) is 8.15. The molecule has 0 aliphatic rings. The fraction of sp³-hybridized carbons (Fsp3) is 0.200. The van der Waals surface area contributed by atoms with E-state index in [1.807, 2.05) is 6.92 Å². The SMILES string of the molecule is CCNC(=O)Nc1ccc(Oc2ncnc(N)c2C(=N)OC)c(Cl)c1. The number of halogens is 1. The third-order valence-electron chi connectivity index (χ3n) is 3.01. The zero-order valence-corrected chi connectivity index (χ0v) is 14.3. The highest BCUT2D eigenvalue weighted by atomic mass is 35.5. The Hall–Kier alpha value is -3.07. The number of carbonyl (C=O) groups excluding carboxylic acids is 1. The highest BCUT2D eigenvalue weighted by Crippen LogP contribution is 2.33. The topological polar surface area (TPSA) is 135 Å². The van der Waals surface area contributed by atoms with Crippen molar-refractivity contribution in [2.75, 3.05) is 24.7 Å². The van der Waals surface area contributed by atoms with E-state index in [9.17, 15) is 4.79 Å². The Morgan fingerprint density at radius 2 is 2.16 bits per heavy atom. The van der Waals surface area contributed by atoms with Gasteiger partial charge in [-0.2, -0.15) is 0 Å². The number of hydrogen-bond acceptors (Lipinski definition) is 7. The van der Waals surface area contributed by atoms with Gasteiger partial charge in [0.2, 0.25) is 11.8 Å². The van der Waals surface area contributed by atoms with Gasteiger partial charge >= 0.3 is 6.03 Å². The van der Waals surface area contributed by atoms with Crippen LogP contribution in [0.5, 0.6) is 11.6 Å². The maximum Gasteiger partial charge on any atom is 0.319 e. The van der Waals surface area contributed by atoms with Crippen molar-refractivity contribution in [2.24, 2.45) is 0 Å². The van der Waals surface area contributed by atoms with Crippen molar-refractivity contribution < 1.29 is 14.3 Å². The van der Waals surface area contributed by atoms with Gasteiger partial charge in [0.1, 0.15) is 23.5 Å². The van der Waals surface area contributed by atoms with Crippen molar-refractivity contribution in [2.45, 2.75) is 6.92 Å². The van der Waals surface area contributed by atoms with E-state index in [1.165, 1.54) is 19.5 Å². The van der Waals surface area contributed by atoms with Crippen molar-refractivity contribution in [3.63, 3.8) is 0 Å². The first-order valence-corrected chi connectivity index (χ1v) is 7.59. The van der Waals surface area contributed by atoms with E-state index in [-0.39, 0.29) is 40.0 Å². The summed E-state index contributed by atoms with van der Waals surface area (Å²) in [5, 5.41) is 13.3. The number of anilines is 2. The Balaban J connectivity index is 2.26. The highest BCUT2D eigenvalue weighted by molar-refractivity contribution is 6.32. The van der Waals surface area contributed by atoms with Crippen LogP contribution in [-0.2, 0) is 4.74 Å². The number of nitrogens with zero attached hydrogens (tertiary/aromatic N) is 2. The van der Waals surface area contributed by atoms with E-state index < -0.39 is 0 Å². The van der Waals surface area contributed by atoms with E-state index in [4.69, 9.17) is 32.2 Å². The van der Waals surface area contributed by atoms with Gasteiger partial charge in [-0.15, -0.1) is 0 Å². The zero-order chi connectivity index (χ0) is 18.4. The zero-order valence-electron chi connectivity index (χ0n) is 13.6. The Morgan fingerprint density at radius 1 is 1.40 bits per heavy atom. The van der Waals surface area contributed by atoms with E-state index in [2.05, 4.69) is 20.6 Å². The molecule has 10 heteroatoms. The third-order valence-corrected chi connectivity index (χ3v) is 3.30. The molecule has 0 saturated carbocycles. The molecule has 2 amide bonds. The summed E-state index contributed by atoms with van der Waals surface area (Å²) in [5.74, 6) is 0.110. The molecule has 0 aliphatic heterocycles. The van der Waals surface area contributed by atoms with E-state index >= 15 is 0 Å². The van der Waals surface area contributed by atoms with Crippen molar-refractivity contribution in [1.29, 1.82) is 5.41 Å². The van der Waals surface area contributed by atoms with Crippen molar-refractivity contribution >= 4 is 35.0 Å². The minimum Gasteiger partial charge on any atom is -0.481 e. The minimum absolute atomic E-state index is 0.0330. The van der Waals surface area contributed by atoms with Gasteiger partial charge in [-0.3, -0.25) is 5.41 Å². The largest absolute Gasteiger partial charge is 0.481 e.